The Morgan fingerprint density at radius 1 is 1.11 bits per heavy atom. The maximum absolute atomic E-state index is 12.7. The maximum Gasteiger partial charge on any atom is 0.331 e. The number of nitrogens with one attached hydrogen (secondary N) is 1. The van der Waals surface area contributed by atoms with Crippen LogP contribution in [-0.2, 0) is 17.9 Å². The fourth-order valence-electron chi connectivity index (χ4n) is 3.78. The molecular weight excluding hydrogens is 342 g/mol. The summed E-state index contributed by atoms with van der Waals surface area (Å²) in [5.74, 6) is 0.675. The molecule has 0 radical (unpaired) electrons. The summed E-state index contributed by atoms with van der Waals surface area (Å²) in [6, 6.07) is 11.0. The molecule has 1 saturated carbocycles. The van der Waals surface area contributed by atoms with E-state index in [1.165, 1.54) is 23.3 Å². The highest BCUT2D eigenvalue weighted by Gasteiger charge is 2.28. The lowest BCUT2D eigenvalue weighted by atomic mass is 9.78. The molecule has 1 amide bonds. The third kappa shape index (κ3) is 4.56. The van der Waals surface area contributed by atoms with Crippen molar-refractivity contribution in [3.8, 4) is 0 Å². The van der Waals surface area contributed by atoms with E-state index in [4.69, 9.17) is 0 Å². The average molecular weight is 369 g/mol. The van der Waals surface area contributed by atoms with Gasteiger partial charge in [-0.3, -0.25) is 18.7 Å². The van der Waals surface area contributed by atoms with Gasteiger partial charge in [-0.15, -0.1) is 0 Å². The molecule has 144 valence electrons. The highest BCUT2D eigenvalue weighted by Crippen LogP contribution is 2.29. The van der Waals surface area contributed by atoms with Crippen LogP contribution in [0.1, 0.15) is 38.7 Å². The highest BCUT2D eigenvalue weighted by molar-refractivity contribution is 5.76. The van der Waals surface area contributed by atoms with Crippen LogP contribution in [0.3, 0.4) is 0 Å². The van der Waals surface area contributed by atoms with Gasteiger partial charge >= 0.3 is 5.69 Å². The van der Waals surface area contributed by atoms with E-state index < -0.39 is 11.2 Å². The fourth-order valence-corrected chi connectivity index (χ4v) is 3.78. The Hall–Kier alpha value is -2.63. The quantitative estimate of drug-likeness (QED) is 0.876. The largest absolute Gasteiger partial charge is 0.352 e. The van der Waals surface area contributed by atoms with Crippen molar-refractivity contribution in [3.05, 3.63) is 69.0 Å². The van der Waals surface area contributed by atoms with E-state index in [0.29, 0.717) is 18.4 Å². The molecule has 0 aliphatic heterocycles. The van der Waals surface area contributed by atoms with Crippen LogP contribution in [0.4, 0.5) is 0 Å². The molecule has 3 rings (SSSR count). The molecule has 0 saturated heterocycles. The number of carbonyl (C=O) groups is 1. The first-order chi connectivity index (χ1) is 13.0. The second kappa shape index (κ2) is 8.37. The SMILES string of the molecule is CC1CCCC(NC(=O)Cn2c(=O)ccn(Cc3ccccc3)c2=O)C1C. The van der Waals surface area contributed by atoms with Crippen LogP contribution in [-0.4, -0.2) is 21.1 Å². The number of amides is 1. The zero-order valence-corrected chi connectivity index (χ0v) is 15.9. The first-order valence-corrected chi connectivity index (χ1v) is 9.59. The van der Waals surface area contributed by atoms with Crippen molar-refractivity contribution in [2.24, 2.45) is 11.8 Å². The predicted molar refractivity (Wildman–Crippen MR) is 105 cm³/mol. The number of carbonyl (C=O) groups excluding carboxylic acids is 1. The van der Waals surface area contributed by atoms with E-state index in [2.05, 4.69) is 19.2 Å². The third-order valence-electron chi connectivity index (χ3n) is 5.69. The number of rotatable bonds is 5. The molecule has 6 nitrogen and oxygen atoms in total. The molecule has 6 heteroatoms. The Bertz CT molecular complexity index is 901. The first-order valence-electron chi connectivity index (χ1n) is 9.59. The van der Waals surface area contributed by atoms with Crippen LogP contribution in [0.25, 0.3) is 0 Å². The van der Waals surface area contributed by atoms with Gasteiger partial charge in [-0.25, -0.2) is 4.79 Å². The normalized spacial score (nSPS) is 22.4. The van der Waals surface area contributed by atoms with E-state index in [1.54, 1.807) is 0 Å². The van der Waals surface area contributed by atoms with Gasteiger partial charge in [0.1, 0.15) is 6.54 Å². The van der Waals surface area contributed by atoms with Crippen LogP contribution in [0, 0.1) is 11.8 Å². The predicted octanol–water partition coefficient (Wildman–Crippen LogP) is 2.00. The number of hydrogen-bond acceptors (Lipinski definition) is 3. The second-order valence-corrected chi connectivity index (χ2v) is 7.58. The van der Waals surface area contributed by atoms with E-state index in [-0.39, 0.29) is 18.5 Å². The van der Waals surface area contributed by atoms with Crippen LogP contribution >= 0.6 is 0 Å². The monoisotopic (exact) mass is 369 g/mol. The maximum atomic E-state index is 12.7. The van der Waals surface area contributed by atoms with Gasteiger partial charge in [0.2, 0.25) is 5.91 Å². The van der Waals surface area contributed by atoms with Gasteiger partial charge in [-0.05, 0) is 23.8 Å². The molecule has 2 aromatic rings. The lowest BCUT2D eigenvalue weighted by Crippen LogP contribution is -2.48. The van der Waals surface area contributed by atoms with Crippen LogP contribution < -0.4 is 16.6 Å². The zero-order valence-electron chi connectivity index (χ0n) is 15.9. The number of benzene rings is 1. The van der Waals surface area contributed by atoms with Gasteiger partial charge in [0.25, 0.3) is 5.56 Å². The molecule has 1 N–H and O–H groups in total. The molecule has 1 aliphatic carbocycles. The molecule has 27 heavy (non-hydrogen) atoms. The van der Waals surface area contributed by atoms with Crippen molar-refractivity contribution in [1.29, 1.82) is 0 Å². The standard InChI is InChI=1S/C21H27N3O3/c1-15-7-6-10-18(16(15)2)22-19(25)14-24-20(26)11-12-23(21(24)27)13-17-8-4-3-5-9-17/h3-5,8-9,11-12,15-16,18H,6-7,10,13-14H2,1-2H3,(H,22,25). The van der Waals surface area contributed by atoms with Crippen LogP contribution in [0.5, 0.6) is 0 Å². The van der Waals surface area contributed by atoms with Crippen molar-refractivity contribution in [1.82, 2.24) is 14.5 Å². The molecule has 3 atom stereocenters. The van der Waals surface area contributed by atoms with Crippen molar-refractivity contribution in [3.63, 3.8) is 0 Å². The summed E-state index contributed by atoms with van der Waals surface area (Å²) < 4.78 is 2.46. The first kappa shape index (κ1) is 19.1. The summed E-state index contributed by atoms with van der Waals surface area (Å²) in [4.78, 5) is 37.3. The van der Waals surface area contributed by atoms with E-state index in [1.807, 2.05) is 30.3 Å². The lowest BCUT2D eigenvalue weighted by Gasteiger charge is -2.34. The lowest BCUT2D eigenvalue weighted by molar-refractivity contribution is -0.123. The molecule has 1 aliphatic rings. The van der Waals surface area contributed by atoms with Gasteiger partial charge in [-0.2, -0.15) is 0 Å². The van der Waals surface area contributed by atoms with Gasteiger partial charge < -0.3 is 5.32 Å². The van der Waals surface area contributed by atoms with Gasteiger partial charge in [0.15, 0.2) is 0 Å². The van der Waals surface area contributed by atoms with Crippen molar-refractivity contribution < 1.29 is 4.79 Å². The summed E-state index contributed by atoms with van der Waals surface area (Å²) in [6.07, 6.45) is 4.69. The molecule has 3 unspecified atom stereocenters. The summed E-state index contributed by atoms with van der Waals surface area (Å²) in [6.45, 7) is 4.47. The molecule has 0 spiro atoms. The minimum atomic E-state index is -0.466. The van der Waals surface area contributed by atoms with Gasteiger partial charge in [0, 0.05) is 18.3 Å². The fraction of sp³-hybridized carbons (Fsp3) is 0.476. The van der Waals surface area contributed by atoms with Gasteiger partial charge in [-0.1, -0.05) is 57.0 Å². The minimum Gasteiger partial charge on any atom is -0.352 e. The number of hydrogen-bond donors (Lipinski definition) is 1. The van der Waals surface area contributed by atoms with Crippen molar-refractivity contribution in [2.45, 2.75) is 52.2 Å². The Morgan fingerprint density at radius 3 is 2.59 bits per heavy atom. The van der Waals surface area contributed by atoms with E-state index in [9.17, 15) is 14.4 Å². The van der Waals surface area contributed by atoms with Crippen LogP contribution in [0.15, 0.2) is 52.2 Å². The zero-order chi connectivity index (χ0) is 19.4. The molecule has 1 fully saturated rings. The highest BCUT2D eigenvalue weighted by atomic mass is 16.2. The Balaban J connectivity index is 1.74. The molecular formula is C21H27N3O3. The minimum absolute atomic E-state index is 0.104. The molecule has 1 aromatic heterocycles. The number of nitrogens with zero attached hydrogens (tertiary/aromatic N) is 2. The van der Waals surface area contributed by atoms with Gasteiger partial charge in [0.05, 0.1) is 6.54 Å². The number of aromatic nitrogens is 2. The third-order valence-corrected chi connectivity index (χ3v) is 5.69. The van der Waals surface area contributed by atoms with E-state index in [0.717, 1.165) is 23.0 Å². The summed E-state index contributed by atoms with van der Waals surface area (Å²) in [7, 11) is 0. The van der Waals surface area contributed by atoms with Crippen LogP contribution in [0.2, 0.25) is 0 Å². The molecule has 1 aromatic carbocycles. The Labute approximate surface area is 158 Å². The summed E-state index contributed by atoms with van der Waals surface area (Å²) in [5.41, 5.74) is 0.0374. The van der Waals surface area contributed by atoms with Crippen molar-refractivity contribution in [2.75, 3.05) is 0 Å². The smallest absolute Gasteiger partial charge is 0.331 e. The Morgan fingerprint density at radius 2 is 1.85 bits per heavy atom. The topological polar surface area (TPSA) is 73.1 Å². The summed E-state index contributed by atoms with van der Waals surface area (Å²) >= 11 is 0. The van der Waals surface area contributed by atoms with Crippen molar-refractivity contribution >= 4 is 5.91 Å². The molecule has 1 heterocycles. The molecule has 0 bridgehead atoms. The summed E-state index contributed by atoms with van der Waals surface area (Å²) in [5, 5.41) is 3.02. The average Bonchev–Trinajstić information content (AvgIpc) is 2.66. The second-order valence-electron chi connectivity index (χ2n) is 7.58. The van der Waals surface area contributed by atoms with E-state index >= 15 is 0 Å². The Kier molecular flexibility index (Phi) is 5.94.